The van der Waals surface area contributed by atoms with Gasteiger partial charge < -0.3 is 5.11 Å². The van der Waals surface area contributed by atoms with Crippen molar-refractivity contribution in [2.75, 3.05) is 0 Å². The Labute approximate surface area is 109 Å². The Hall–Kier alpha value is -1.82. The summed E-state index contributed by atoms with van der Waals surface area (Å²) in [6, 6.07) is 3.70. The van der Waals surface area contributed by atoms with Crippen LogP contribution in [0.1, 0.15) is 21.7 Å². The van der Waals surface area contributed by atoms with Crippen LogP contribution in [0.2, 0.25) is 0 Å². The summed E-state index contributed by atoms with van der Waals surface area (Å²) in [5, 5.41) is 14.3. The molecule has 0 spiro atoms. The molecule has 94 valence electrons. The predicted molar refractivity (Wildman–Crippen MR) is 68.0 cm³/mol. The van der Waals surface area contributed by atoms with Gasteiger partial charge in [-0.1, -0.05) is 11.8 Å². The first-order chi connectivity index (χ1) is 8.47. The summed E-state index contributed by atoms with van der Waals surface area (Å²) in [5.74, 6) is -0.969. The number of hydrogen-bond donors (Lipinski definition) is 1. The smallest absolute Gasteiger partial charge is 0.338 e. The Morgan fingerprint density at radius 1 is 1.33 bits per heavy atom. The van der Waals surface area contributed by atoms with Crippen LogP contribution < -0.4 is 0 Å². The van der Waals surface area contributed by atoms with E-state index in [1.165, 1.54) is 18.0 Å². The second-order valence-corrected chi connectivity index (χ2v) is 5.04. The van der Waals surface area contributed by atoms with E-state index in [0.29, 0.717) is 4.90 Å². The Kier molecular flexibility index (Phi) is 3.38. The molecule has 5 nitrogen and oxygen atoms in total. The molecule has 2 heterocycles. The van der Waals surface area contributed by atoms with Gasteiger partial charge >= 0.3 is 5.97 Å². The third kappa shape index (κ3) is 2.53. The zero-order valence-corrected chi connectivity index (χ0v) is 11.2. The van der Waals surface area contributed by atoms with E-state index in [2.05, 4.69) is 10.1 Å². The molecule has 0 saturated heterocycles. The van der Waals surface area contributed by atoms with Crippen LogP contribution in [0.5, 0.6) is 0 Å². The standard InChI is InChI=1S/C12H13N3O2S/c1-7-4-10(9(6-13-7)12(16)17)18-11-5-8(2)14-15(11)3/h4-6H,1-3H3,(H,16,17). The lowest BCUT2D eigenvalue weighted by Crippen LogP contribution is -2.01. The summed E-state index contributed by atoms with van der Waals surface area (Å²) in [4.78, 5) is 15.8. The molecule has 0 aromatic carbocycles. The van der Waals surface area contributed by atoms with Crippen LogP contribution in [-0.4, -0.2) is 25.8 Å². The summed E-state index contributed by atoms with van der Waals surface area (Å²) >= 11 is 1.38. The van der Waals surface area contributed by atoms with Gasteiger partial charge in [0.1, 0.15) is 0 Å². The molecule has 1 N–H and O–H groups in total. The Morgan fingerprint density at radius 3 is 2.61 bits per heavy atom. The van der Waals surface area contributed by atoms with E-state index in [1.807, 2.05) is 27.0 Å². The number of aromatic carboxylic acids is 1. The molecule has 0 fully saturated rings. The zero-order chi connectivity index (χ0) is 13.3. The third-order valence-electron chi connectivity index (χ3n) is 2.41. The van der Waals surface area contributed by atoms with Gasteiger partial charge in [-0.05, 0) is 26.0 Å². The van der Waals surface area contributed by atoms with Crippen molar-refractivity contribution in [3.63, 3.8) is 0 Å². The maximum atomic E-state index is 11.1. The van der Waals surface area contributed by atoms with E-state index in [1.54, 1.807) is 10.7 Å². The minimum atomic E-state index is -0.969. The molecule has 0 saturated carbocycles. The second-order valence-electron chi connectivity index (χ2n) is 3.98. The van der Waals surface area contributed by atoms with Crippen molar-refractivity contribution in [3.8, 4) is 0 Å². The first-order valence-electron chi connectivity index (χ1n) is 5.36. The summed E-state index contributed by atoms with van der Waals surface area (Å²) in [6.45, 7) is 3.74. The highest BCUT2D eigenvalue weighted by atomic mass is 32.2. The fourth-order valence-corrected chi connectivity index (χ4v) is 2.68. The van der Waals surface area contributed by atoms with Crippen LogP contribution in [0.15, 0.2) is 28.3 Å². The molecule has 0 aliphatic rings. The van der Waals surface area contributed by atoms with Gasteiger partial charge in [0.15, 0.2) is 0 Å². The molecule has 0 aliphatic heterocycles. The molecule has 0 aliphatic carbocycles. The summed E-state index contributed by atoms with van der Waals surface area (Å²) in [6.07, 6.45) is 1.39. The lowest BCUT2D eigenvalue weighted by molar-refractivity contribution is 0.0692. The van der Waals surface area contributed by atoms with Gasteiger partial charge in [0.2, 0.25) is 0 Å². The normalized spacial score (nSPS) is 10.6. The molecule has 0 bridgehead atoms. The van der Waals surface area contributed by atoms with E-state index in [4.69, 9.17) is 5.11 Å². The molecule has 2 rings (SSSR count). The average Bonchev–Trinajstić information content (AvgIpc) is 2.57. The van der Waals surface area contributed by atoms with Gasteiger partial charge in [-0.15, -0.1) is 0 Å². The topological polar surface area (TPSA) is 68.0 Å². The number of carboxylic acid groups (broad SMARTS) is 1. The molecule has 0 atom stereocenters. The van der Waals surface area contributed by atoms with Gasteiger partial charge in [0.05, 0.1) is 16.3 Å². The Morgan fingerprint density at radius 2 is 2.06 bits per heavy atom. The van der Waals surface area contributed by atoms with Crippen LogP contribution in [-0.2, 0) is 7.05 Å². The highest BCUT2D eigenvalue weighted by molar-refractivity contribution is 7.99. The lowest BCUT2D eigenvalue weighted by Gasteiger charge is -2.06. The van der Waals surface area contributed by atoms with Crippen molar-refractivity contribution in [1.82, 2.24) is 14.8 Å². The van der Waals surface area contributed by atoms with E-state index in [-0.39, 0.29) is 5.56 Å². The molecular formula is C12H13N3O2S. The van der Waals surface area contributed by atoms with Gasteiger partial charge in [0, 0.05) is 23.8 Å². The van der Waals surface area contributed by atoms with Crippen LogP contribution >= 0.6 is 11.8 Å². The molecule has 2 aromatic rings. The van der Waals surface area contributed by atoms with Crippen molar-refractivity contribution in [2.24, 2.45) is 7.05 Å². The first-order valence-corrected chi connectivity index (χ1v) is 6.17. The van der Waals surface area contributed by atoms with Crippen LogP contribution in [0.25, 0.3) is 0 Å². The largest absolute Gasteiger partial charge is 0.478 e. The SMILES string of the molecule is Cc1cc(Sc2cc(C)nn2C)c(C(=O)O)cn1. The van der Waals surface area contributed by atoms with E-state index >= 15 is 0 Å². The Balaban J connectivity index is 2.42. The van der Waals surface area contributed by atoms with Crippen molar-refractivity contribution in [3.05, 3.63) is 35.3 Å². The highest BCUT2D eigenvalue weighted by Gasteiger charge is 2.14. The van der Waals surface area contributed by atoms with E-state index in [9.17, 15) is 4.79 Å². The number of pyridine rings is 1. The monoisotopic (exact) mass is 263 g/mol. The fourth-order valence-electron chi connectivity index (χ4n) is 1.57. The van der Waals surface area contributed by atoms with Crippen LogP contribution in [0.3, 0.4) is 0 Å². The van der Waals surface area contributed by atoms with Gasteiger partial charge in [-0.2, -0.15) is 5.10 Å². The summed E-state index contributed by atoms with van der Waals surface area (Å²) in [5.41, 5.74) is 1.91. The van der Waals surface area contributed by atoms with Gasteiger partial charge in [-0.3, -0.25) is 9.67 Å². The highest BCUT2D eigenvalue weighted by Crippen LogP contribution is 2.30. The molecule has 2 aromatic heterocycles. The minimum Gasteiger partial charge on any atom is -0.478 e. The van der Waals surface area contributed by atoms with Crippen molar-refractivity contribution in [1.29, 1.82) is 0 Å². The quantitative estimate of drug-likeness (QED) is 0.920. The van der Waals surface area contributed by atoms with Crippen LogP contribution in [0, 0.1) is 13.8 Å². The third-order valence-corrected chi connectivity index (χ3v) is 3.56. The maximum absolute atomic E-state index is 11.1. The minimum absolute atomic E-state index is 0.212. The van der Waals surface area contributed by atoms with E-state index in [0.717, 1.165) is 16.4 Å². The molecule has 6 heteroatoms. The molecule has 0 amide bonds. The average molecular weight is 263 g/mol. The fraction of sp³-hybridized carbons (Fsp3) is 0.250. The molecule has 0 unspecified atom stereocenters. The van der Waals surface area contributed by atoms with Gasteiger partial charge in [0.25, 0.3) is 0 Å². The number of carbonyl (C=O) groups is 1. The van der Waals surface area contributed by atoms with Crippen molar-refractivity contribution >= 4 is 17.7 Å². The maximum Gasteiger partial charge on any atom is 0.338 e. The number of aryl methyl sites for hydroxylation is 3. The number of carboxylic acids is 1. The van der Waals surface area contributed by atoms with Crippen molar-refractivity contribution in [2.45, 2.75) is 23.8 Å². The molecule has 18 heavy (non-hydrogen) atoms. The predicted octanol–water partition coefficient (Wildman–Crippen LogP) is 2.28. The summed E-state index contributed by atoms with van der Waals surface area (Å²) in [7, 11) is 1.84. The number of nitrogens with zero attached hydrogens (tertiary/aromatic N) is 3. The number of aromatic nitrogens is 3. The Bertz CT molecular complexity index is 607. The number of hydrogen-bond acceptors (Lipinski definition) is 4. The van der Waals surface area contributed by atoms with Crippen LogP contribution in [0.4, 0.5) is 0 Å². The lowest BCUT2D eigenvalue weighted by atomic mass is 10.2. The summed E-state index contributed by atoms with van der Waals surface area (Å²) < 4.78 is 1.74. The first kappa shape index (κ1) is 12.6. The zero-order valence-electron chi connectivity index (χ0n) is 10.3. The molecule has 0 radical (unpaired) electrons. The second kappa shape index (κ2) is 4.81. The van der Waals surface area contributed by atoms with Crippen molar-refractivity contribution < 1.29 is 9.90 Å². The van der Waals surface area contributed by atoms with Gasteiger partial charge in [-0.25, -0.2) is 4.79 Å². The number of rotatable bonds is 3. The molecular weight excluding hydrogens is 250 g/mol. The van der Waals surface area contributed by atoms with E-state index < -0.39 is 5.97 Å².